The Kier molecular flexibility index (Phi) is 4.84. The molecule has 0 saturated carbocycles. The summed E-state index contributed by atoms with van der Waals surface area (Å²) in [5.74, 6) is 0.779. The molecule has 0 amide bonds. The molecule has 1 N–H and O–H groups in total. The molecule has 1 aromatic carbocycles. The summed E-state index contributed by atoms with van der Waals surface area (Å²) < 4.78 is 5.80. The Hall–Kier alpha value is -0.990. The van der Waals surface area contributed by atoms with E-state index in [-0.39, 0.29) is 12.1 Å². The molecule has 0 saturated heterocycles. The van der Waals surface area contributed by atoms with Gasteiger partial charge in [0.1, 0.15) is 11.9 Å². The molecule has 2 unspecified atom stereocenters. The van der Waals surface area contributed by atoms with Gasteiger partial charge < -0.3 is 10.1 Å². The highest BCUT2D eigenvalue weighted by molar-refractivity contribution is 6.30. The van der Waals surface area contributed by atoms with Gasteiger partial charge in [-0.15, -0.1) is 0 Å². The Balaban J connectivity index is 2.69. The molecule has 0 fully saturated rings. The van der Waals surface area contributed by atoms with E-state index in [2.05, 4.69) is 11.9 Å². The fourth-order valence-corrected chi connectivity index (χ4v) is 1.89. The maximum Gasteiger partial charge on any atom is 0.121 e. The zero-order valence-corrected chi connectivity index (χ0v) is 10.7. The maximum absolute atomic E-state index is 5.89. The number of ether oxygens (including phenoxy) is 1. The SMILES string of the molecule is C=C(C)C(NC)C(C)Oc1cccc(Cl)c1. The van der Waals surface area contributed by atoms with Crippen LogP contribution in [0.1, 0.15) is 13.8 Å². The van der Waals surface area contributed by atoms with E-state index < -0.39 is 0 Å². The molecule has 0 aliphatic rings. The van der Waals surface area contributed by atoms with E-state index in [0.717, 1.165) is 11.3 Å². The molecule has 1 aromatic rings. The molecule has 1 rings (SSSR count). The van der Waals surface area contributed by atoms with Crippen LogP contribution in [0.3, 0.4) is 0 Å². The highest BCUT2D eigenvalue weighted by atomic mass is 35.5. The Morgan fingerprint density at radius 3 is 2.69 bits per heavy atom. The summed E-state index contributed by atoms with van der Waals surface area (Å²) in [6, 6.07) is 7.54. The van der Waals surface area contributed by atoms with Crippen molar-refractivity contribution >= 4 is 11.6 Å². The van der Waals surface area contributed by atoms with Gasteiger partial charge in [-0.25, -0.2) is 0 Å². The summed E-state index contributed by atoms with van der Waals surface area (Å²) >= 11 is 5.89. The van der Waals surface area contributed by atoms with Gasteiger partial charge in [-0.2, -0.15) is 0 Å². The highest BCUT2D eigenvalue weighted by Gasteiger charge is 2.17. The van der Waals surface area contributed by atoms with E-state index >= 15 is 0 Å². The molecule has 2 atom stereocenters. The highest BCUT2D eigenvalue weighted by Crippen LogP contribution is 2.20. The van der Waals surface area contributed by atoms with Crippen molar-refractivity contribution < 1.29 is 4.74 Å². The minimum Gasteiger partial charge on any atom is -0.489 e. The Morgan fingerprint density at radius 1 is 1.50 bits per heavy atom. The third-order valence-electron chi connectivity index (χ3n) is 2.43. The minimum atomic E-state index is 0.0148. The largest absolute Gasteiger partial charge is 0.489 e. The van der Waals surface area contributed by atoms with Crippen LogP contribution in [0, 0.1) is 0 Å². The van der Waals surface area contributed by atoms with Crippen LogP contribution in [0.2, 0.25) is 5.02 Å². The van der Waals surface area contributed by atoms with Crippen LogP contribution in [0.15, 0.2) is 36.4 Å². The first-order valence-corrected chi connectivity index (χ1v) is 5.67. The van der Waals surface area contributed by atoms with Crippen molar-refractivity contribution in [2.75, 3.05) is 7.05 Å². The van der Waals surface area contributed by atoms with Gasteiger partial charge in [0.15, 0.2) is 0 Å². The van der Waals surface area contributed by atoms with E-state index in [0.29, 0.717) is 5.02 Å². The molecule has 0 aliphatic heterocycles. The van der Waals surface area contributed by atoms with Crippen LogP contribution in [-0.4, -0.2) is 19.2 Å². The van der Waals surface area contributed by atoms with Crippen molar-refractivity contribution in [3.63, 3.8) is 0 Å². The van der Waals surface area contributed by atoms with E-state index in [1.807, 2.05) is 45.2 Å². The normalized spacial score (nSPS) is 14.2. The van der Waals surface area contributed by atoms with Gasteiger partial charge in [0.25, 0.3) is 0 Å². The van der Waals surface area contributed by atoms with Crippen molar-refractivity contribution in [3.05, 3.63) is 41.4 Å². The summed E-state index contributed by atoms with van der Waals surface area (Å²) in [5.41, 5.74) is 1.05. The van der Waals surface area contributed by atoms with Gasteiger partial charge in [-0.1, -0.05) is 29.8 Å². The number of halogens is 1. The predicted octanol–water partition coefficient (Wildman–Crippen LogP) is 3.27. The summed E-state index contributed by atoms with van der Waals surface area (Å²) in [6.45, 7) is 7.93. The molecule has 0 spiro atoms. The lowest BCUT2D eigenvalue weighted by Crippen LogP contribution is -2.39. The summed E-state index contributed by atoms with van der Waals surface area (Å²) in [6.07, 6.45) is 0.0148. The van der Waals surface area contributed by atoms with Gasteiger partial charge in [0, 0.05) is 5.02 Å². The van der Waals surface area contributed by atoms with Gasteiger partial charge in [-0.3, -0.25) is 0 Å². The molecule has 88 valence electrons. The fourth-order valence-electron chi connectivity index (χ4n) is 1.70. The van der Waals surface area contributed by atoms with Crippen LogP contribution in [0.25, 0.3) is 0 Å². The monoisotopic (exact) mass is 239 g/mol. The molecule has 16 heavy (non-hydrogen) atoms. The van der Waals surface area contributed by atoms with Gasteiger partial charge in [-0.05, 0) is 39.1 Å². The first-order chi connectivity index (χ1) is 7.54. The zero-order chi connectivity index (χ0) is 12.1. The molecule has 2 nitrogen and oxygen atoms in total. The first-order valence-electron chi connectivity index (χ1n) is 5.29. The maximum atomic E-state index is 5.89. The molecular weight excluding hydrogens is 222 g/mol. The molecule has 0 bridgehead atoms. The van der Waals surface area contributed by atoms with Gasteiger partial charge in [0.2, 0.25) is 0 Å². The van der Waals surface area contributed by atoms with E-state index in [9.17, 15) is 0 Å². The smallest absolute Gasteiger partial charge is 0.121 e. The summed E-state index contributed by atoms with van der Waals surface area (Å²) in [4.78, 5) is 0. The van der Waals surface area contributed by atoms with Crippen molar-refractivity contribution in [1.82, 2.24) is 5.32 Å². The number of benzene rings is 1. The molecule has 0 radical (unpaired) electrons. The third-order valence-corrected chi connectivity index (χ3v) is 2.66. The lowest BCUT2D eigenvalue weighted by atomic mass is 10.1. The van der Waals surface area contributed by atoms with Crippen molar-refractivity contribution in [3.8, 4) is 5.75 Å². The quantitative estimate of drug-likeness (QED) is 0.797. The second kappa shape index (κ2) is 5.92. The Morgan fingerprint density at radius 2 is 2.19 bits per heavy atom. The minimum absolute atomic E-state index is 0.0148. The topological polar surface area (TPSA) is 21.3 Å². The standard InChI is InChI=1S/C13H18ClNO/c1-9(2)13(15-4)10(3)16-12-7-5-6-11(14)8-12/h5-8,10,13,15H,1H2,2-4H3. The summed E-state index contributed by atoms with van der Waals surface area (Å²) in [5, 5.41) is 3.86. The van der Waals surface area contributed by atoms with Crippen LogP contribution in [0.5, 0.6) is 5.75 Å². The second-order valence-electron chi connectivity index (χ2n) is 3.89. The van der Waals surface area contributed by atoms with E-state index in [1.165, 1.54) is 0 Å². The third kappa shape index (κ3) is 3.54. The average Bonchev–Trinajstić information content (AvgIpc) is 2.17. The van der Waals surface area contributed by atoms with Crippen LogP contribution in [-0.2, 0) is 0 Å². The van der Waals surface area contributed by atoms with Crippen molar-refractivity contribution in [2.24, 2.45) is 0 Å². The van der Waals surface area contributed by atoms with Crippen molar-refractivity contribution in [1.29, 1.82) is 0 Å². The molecular formula is C13H18ClNO. The fraction of sp³-hybridized carbons (Fsp3) is 0.385. The number of hydrogen-bond acceptors (Lipinski definition) is 2. The first kappa shape index (κ1) is 13.1. The van der Waals surface area contributed by atoms with Gasteiger partial charge in [0.05, 0.1) is 6.04 Å². The summed E-state index contributed by atoms with van der Waals surface area (Å²) in [7, 11) is 1.90. The number of nitrogens with one attached hydrogen (secondary N) is 1. The Bertz CT molecular complexity index is 365. The average molecular weight is 240 g/mol. The number of hydrogen-bond donors (Lipinski definition) is 1. The van der Waals surface area contributed by atoms with Gasteiger partial charge >= 0.3 is 0 Å². The molecule has 0 aromatic heterocycles. The van der Waals surface area contributed by atoms with Crippen LogP contribution in [0.4, 0.5) is 0 Å². The van der Waals surface area contributed by atoms with E-state index in [1.54, 1.807) is 0 Å². The van der Waals surface area contributed by atoms with Crippen molar-refractivity contribution in [2.45, 2.75) is 26.0 Å². The lowest BCUT2D eigenvalue weighted by Gasteiger charge is -2.24. The number of rotatable bonds is 5. The molecule has 0 aliphatic carbocycles. The molecule has 3 heteroatoms. The van der Waals surface area contributed by atoms with Crippen LogP contribution < -0.4 is 10.1 Å². The second-order valence-corrected chi connectivity index (χ2v) is 4.33. The van der Waals surface area contributed by atoms with Crippen LogP contribution >= 0.6 is 11.6 Å². The Labute approximate surface area is 102 Å². The lowest BCUT2D eigenvalue weighted by molar-refractivity contribution is 0.189. The predicted molar refractivity (Wildman–Crippen MR) is 69.2 cm³/mol. The number of likely N-dealkylation sites (N-methyl/N-ethyl adjacent to an activating group) is 1. The van der Waals surface area contributed by atoms with E-state index in [4.69, 9.17) is 16.3 Å². The molecule has 0 heterocycles. The zero-order valence-electron chi connectivity index (χ0n) is 9.96.